The van der Waals surface area contributed by atoms with Crippen molar-refractivity contribution in [3.63, 3.8) is 0 Å². The van der Waals surface area contributed by atoms with Crippen LogP contribution >= 0.6 is 0 Å². The van der Waals surface area contributed by atoms with Gasteiger partial charge in [-0.15, -0.1) is 12.3 Å². The maximum Gasteiger partial charge on any atom is 0.0535 e. The van der Waals surface area contributed by atoms with Crippen molar-refractivity contribution in [1.29, 1.82) is 0 Å². The van der Waals surface area contributed by atoms with Crippen LogP contribution in [0.2, 0.25) is 0 Å². The highest BCUT2D eigenvalue weighted by molar-refractivity contribution is 5.25. The van der Waals surface area contributed by atoms with Crippen LogP contribution in [0, 0.1) is 12.3 Å². The van der Waals surface area contributed by atoms with Gasteiger partial charge >= 0.3 is 0 Å². The van der Waals surface area contributed by atoms with Gasteiger partial charge in [-0.1, -0.05) is 37.3 Å². The molecule has 1 aliphatic heterocycles. The minimum Gasteiger partial charge on any atom is -0.305 e. The third kappa shape index (κ3) is 3.18. The number of terminal acetylenes is 1. The van der Waals surface area contributed by atoms with Gasteiger partial charge in [0.1, 0.15) is 0 Å². The number of rotatable bonds is 4. The van der Waals surface area contributed by atoms with Gasteiger partial charge in [0.15, 0.2) is 0 Å². The molecule has 1 fully saturated rings. The van der Waals surface area contributed by atoms with E-state index in [0.29, 0.717) is 6.04 Å². The molecule has 0 aromatic heterocycles. The Morgan fingerprint density at radius 3 is 2.79 bits per heavy atom. The van der Waals surface area contributed by atoms with E-state index in [9.17, 15) is 0 Å². The summed E-state index contributed by atoms with van der Waals surface area (Å²) in [6, 6.07) is 11.3. The number of hydrogen-bond donors (Lipinski definition) is 1. The van der Waals surface area contributed by atoms with Gasteiger partial charge in [-0.25, -0.2) is 0 Å². The first-order chi connectivity index (χ1) is 9.19. The van der Waals surface area contributed by atoms with Gasteiger partial charge in [0, 0.05) is 32.1 Å². The Morgan fingerprint density at radius 2 is 2.16 bits per heavy atom. The average Bonchev–Trinajstić information content (AvgIpc) is 2.46. The quantitative estimate of drug-likeness (QED) is 0.833. The molecule has 1 aromatic rings. The molecule has 1 aromatic carbocycles. The van der Waals surface area contributed by atoms with Crippen molar-refractivity contribution in [2.75, 3.05) is 19.6 Å². The summed E-state index contributed by atoms with van der Waals surface area (Å²) in [5.74, 6) is 2.76. The van der Waals surface area contributed by atoms with Crippen molar-refractivity contribution < 1.29 is 0 Å². The van der Waals surface area contributed by atoms with Crippen molar-refractivity contribution >= 4 is 0 Å². The first-order valence-electron chi connectivity index (χ1n) is 7.17. The first kappa shape index (κ1) is 14.1. The van der Waals surface area contributed by atoms with Crippen molar-refractivity contribution in [2.24, 2.45) is 0 Å². The van der Waals surface area contributed by atoms with Crippen LogP contribution in [0.4, 0.5) is 0 Å². The Bertz CT molecular complexity index is 434. The predicted octanol–water partition coefficient (Wildman–Crippen LogP) is 2.61. The Labute approximate surface area is 117 Å². The van der Waals surface area contributed by atoms with Gasteiger partial charge in [-0.2, -0.15) is 0 Å². The highest BCUT2D eigenvalue weighted by atomic mass is 15.2. The summed E-state index contributed by atoms with van der Waals surface area (Å²) in [6.45, 7) is 7.60. The van der Waals surface area contributed by atoms with Gasteiger partial charge in [-0.05, 0) is 18.9 Å². The number of benzene rings is 1. The molecule has 2 nitrogen and oxygen atoms in total. The second kappa shape index (κ2) is 6.23. The highest BCUT2D eigenvalue weighted by Gasteiger charge is 2.35. The zero-order chi connectivity index (χ0) is 13.7. The Kier molecular flexibility index (Phi) is 4.63. The fourth-order valence-corrected chi connectivity index (χ4v) is 2.94. The van der Waals surface area contributed by atoms with Crippen LogP contribution in [0.15, 0.2) is 30.3 Å². The smallest absolute Gasteiger partial charge is 0.0535 e. The van der Waals surface area contributed by atoms with Crippen molar-refractivity contribution in [3.8, 4) is 12.3 Å². The maximum atomic E-state index is 5.42. The van der Waals surface area contributed by atoms with Crippen LogP contribution in [0.25, 0.3) is 0 Å². The first-order valence-corrected chi connectivity index (χ1v) is 7.17. The molecule has 19 heavy (non-hydrogen) atoms. The van der Waals surface area contributed by atoms with Crippen molar-refractivity contribution in [2.45, 2.75) is 38.3 Å². The summed E-state index contributed by atoms with van der Waals surface area (Å²) >= 11 is 0. The van der Waals surface area contributed by atoms with Crippen molar-refractivity contribution in [1.82, 2.24) is 10.2 Å². The monoisotopic (exact) mass is 256 g/mol. The topological polar surface area (TPSA) is 15.3 Å². The van der Waals surface area contributed by atoms with Crippen LogP contribution in [-0.4, -0.2) is 30.6 Å². The molecule has 1 saturated heterocycles. The lowest BCUT2D eigenvalue weighted by molar-refractivity contribution is 0.0854. The minimum atomic E-state index is 0.0293. The Balaban J connectivity index is 2.14. The molecule has 2 unspecified atom stereocenters. The van der Waals surface area contributed by atoms with Crippen LogP contribution in [0.5, 0.6) is 0 Å². The molecular formula is C17H24N2. The summed E-state index contributed by atoms with van der Waals surface area (Å²) in [4.78, 5) is 2.54. The molecule has 0 spiro atoms. The van der Waals surface area contributed by atoms with Gasteiger partial charge in [0.05, 0.1) is 5.54 Å². The van der Waals surface area contributed by atoms with E-state index in [0.717, 1.165) is 26.1 Å². The van der Waals surface area contributed by atoms with E-state index in [2.05, 4.69) is 60.3 Å². The SMILES string of the molecule is C#CCCN1CC(C)(c2ccccc2)NCC1CC. The molecule has 1 aliphatic rings. The molecule has 0 aliphatic carbocycles. The van der Waals surface area contributed by atoms with Crippen LogP contribution in [0.1, 0.15) is 32.3 Å². The normalized spacial score (nSPS) is 27.9. The van der Waals surface area contributed by atoms with E-state index in [4.69, 9.17) is 6.42 Å². The summed E-state index contributed by atoms with van der Waals surface area (Å²) in [7, 11) is 0. The van der Waals surface area contributed by atoms with Crippen LogP contribution in [0.3, 0.4) is 0 Å². The standard InChI is InChI=1S/C17H24N2/c1-4-6-12-19-14-17(3,18-13-16(19)5-2)15-10-8-7-9-11-15/h1,7-11,16,18H,5-6,12-14H2,2-3H3. The Hall–Kier alpha value is -1.30. The second-order valence-corrected chi connectivity index (χ2v) is 5.57. The zero-order valence-electron chi connectivity index (χ0n) is 12.0. The second-order valence-electron chi connectivity index (χ2n) is 5.57. The maximum absolute atomic E-state index is 5.42. The van der Waals surface area contributed by atoms with Gasteiger partial charge in [0.25, 0.3) is 0 Å². The number of piperazine rings is 1. The predicted molar refractivity (Wildman–Crippen MR) is 80.9 cm³/mol. The van der Waals surface area contributed by atoms with E-state index < -0.39 is 0 Å². The fraction of sp³-hybridized carbons (Fsp3) is 0.529. The molecule has 0 radical (unpaired) electrons. The lowest BCUT2D eigenvalue weighted by Crippen LogP contribution is -2.61. The van der Waals surface area contributed by atoms with Gasteiger partial charge < -0.3 is 5.32 Å². The minimum absolute atomic E-state index is 0.0293. The molecule has 0 amide bonds. The van der Waals surface area contributed by atoms with E-state index in [1.807, 2.05) is 0 Å². The molecule has 1 N–H and O–H groups in total. The van der Waals surface area contributed by atoms with E-state index in [1.54, 1.807) is 0 Å². The third-order valence-electron chi connectivity index (χ3n) is 4.19. The molecule has 2 heteroatoms. The van der Waals surface area contributed by atoms with Crippen molar-refractivity contribution in [3.05, 3.63) is 35.9 Å². The third-order valence-corrected chi connectivity index (χ3v) is 4.19. The largest absolute Gasteiger partial charge is 0.305 e. The molecule has 2 atom stereocenters. The lowest BCUT2D eigenvalue weighted by Gasteiger charge is -2.46. The fourth-order valence-electron chi connectivity index (χ4n) is 2.94. The summed E-state index contributed by atoms with van der Waals surface area (Å²) in [5, 5.41) is 3.73. The summed E-state index contributed by atoms with van der Waals surface area (Å²) < 4.78 is 0. The van der Waals surface area contributed by atoms with Gasteiger partial charge in [-0.3, -0.25) is 4.90 Å². The number of hydrogen-bond acceptors (Lipinski definition) is 2. The van der Waals surface area contributed by atoms with E-state index in [-0.39, 0.29) is 5.54 Å². The lowest BCUT2D eigenvalue weighted by atomic mass is 9.87. The average molecular weight is 256 g/mol. The highest BCUT2D eigenvalue weighted by Crippen LogP contribution is 2.27. The Morgan fingerprint density at radius 1 is 1.42 bits per heavy atom. The van der Waals surface area contributed by atoms with E-state index >= 15 is 0 Å². The van der Waals surface area contributed by atoms with E-state index in [1.165, 1.54) is 12.0 Å². The van der Waals surface area contributed by atoms with Crippen LogP contribution < -0.4 is 5.32 Å². The van der Waals surface area contributed by atoms with Crippen LogP contribution in [-0.2, 0) is 5.54 Å². The molecule has 0 saturated carbocycles. The van der Waals surface area contributed by atoms with Gasteiger partial charge in [0.2, 0.25) is 0 Å². The molecule has 0 bridgehead atoms. The number of nitrogens with zero attached hydrogens (tertiary/aromatic N) is 1. The summed E-state index contributed by atoms with van der Waals surface area (Å²) in [5.41, 5.74) is 1.39. The molecular weight excluding hydrogens is 232 g/mol. The summed E-state index contributed by atoms with van der Waals surface area (Å²) in [6.07, 6.45) is 7.42. The molecule has 102 valence electrons. The molecule has 2 rings (SSSR count). The number of nitrogens with one attached hydrogen (secondary N) is 1. The molecule has 1 heterocycles. The zero-order valence-corrected chi connectivity index (χ0v) is 12.0.